The summed E-state index contributed by atoms with van der Waals surface area (Å²) in [6, 6.07) is 0.829. The molecule has 0 N–H and O–H groups in total. The van der Waals surface area contributed by atoms with Crippen LogP contribution < -0.4 is 3.61 Å². The van der Waals surface area contributed by atoms with Crippen LogP contribution in [0.3, 0.4) is 0 Å². The maximum atomic E-state index is 12.1. The Morgan fingerprint density at radius 3 is 1.46 bits per heavy atom. The second-order valence-corrected chi connectivity index (χ2v) is 9.30. The van der Waals surface area contributed by atoms with E-state index in [9.17, 15) is 18.9 Å². The number of benzene rings is 1. The van der Waals surface area contributed by atoms with Gasteiger partial charge < -0.3 is 0 Å². The van der Waals surface area contributed by atoms with Crippen molar-refractivity contribution in [1.82, 2.24) is 0 Å². The summed E-state index contributed by atoms with van der Waals surface area (Å²) >= 11 is -10.4. The predicted octanol–water partition coefficient (Wildman–Crippen LogP) is 2.72. The Labute approximate surface area is 71.2 Å². The molecular weight excluding hydrogens is 314 g/mol. The monoisotopic (exact) mass is 320 g/mol. The fourth-order valence-electron chi connectivity index (χ4n) is 0.692. The first kappa shape index (κ1) is 10.7. The van der Waals surface area contributed by atoms with Crippen molar-refractivity contribution in [3.63, 3.8) is 0 Å². The molecule has 7 heteroatoms. The summed E-state index contributed by atoms with van der Waals surface area (Å²) in [5.74, 6) is -0.983. The quantitative estimate of drug-likeness (QED) is 0.552. The van der Waals surface area contributed by atoms with Gasteiger partial charge in [0.15, 0.2) is 0 Å². The van der Waals surface area contributed by atoms with E-state index in [1.807, 2.05) is 0 Å². The average molecular weight is 318 g/mol. The summed E-state index contributed by atoms with van der Waals surface area (Å²) in [5.41, 5.74) is 0. The average Bonchev–Trinajstić information content (AvgIpc) is 1.82. The molecule has 0 heterocycles. The van der Waals surface area contributed by atoms with E-state index in [0.29, 0.717) is 12.1 Å². The van der Waals surface area contributed by atoms with Gasteiger partial charge in [-0.3, -0.25) is 0 Å². The van der Waals surface area contributed by atoms with Crippen LogP contribution in [0.1, 0.15) is 0 Å². The molecule has 0 aliphatic carbocycles. The molecule has 0 saturated heterocycles. The summed E-state index contributed by atoms with van der Waals surface area (Å²) < 4.78 is 70.3. The molecule has 0 atom stereocenters. The Morgan fingerprint density at radius 2 is 1.15 bits per heavy atom. The Hall–Kier alpha value is -0.410. The van der Waals surface area contributed by atoms with Gasteiger partial charge in [-0.2, -0.15) is 0 Å². The third kappa shape index (κ3) is 2.78. The summed E-state index contributed by atoms with van der Waals surface area (Å²) in [5, 5.41) is 0. The van der Waals surface area contributed by atoms with Gasteiger partial charge in [0.1, 0.15) is 0 Å². The van der Waals surface area contributed by atoms with Gasteiger partial charge in [0.2, 0.25) is 0 Å². The fraction of sp³-hybridized carbons (Fsp3) is 0. The molecule has 1 rings (SSSR count). The van der Waals surface area contributed by atoms with Crippen LogP contribution in [0, 0.1) is 5.82 Å². The van der Waals surface area contributed by atoms with E-state index < -0.39 is 27.7 Å². The Morgan fingerprint density at radius 1 is 0.769 bits per heavy atom. The molecule has 13 heavy (non-hydrogen) atoms. The van der Waals surface area contributed by atoms with E-state index in [0.717, 1.165) is 0 Å². The normalized spacial score (nSPS) is 17.7. The topological polar surface area (TPSA) is 0 Å². The van der Waals surface area contributed by atoms with Crippen LogP contribution in [0.15, 0.2) is 24.3 Å². The number of rotatable bonds is 1. The van der Waals surface area contributed by atoms with E-state index in [1.54, 1.807) is 0 Å². The van der Waals surface area contributed by atoms with Gasteiger partial charge >= 0.3 is 70.8 Å². The van der Waals surface area contributed by atoms with Crippen LogP contribution in [0.5, 0.6) is 0 Å². The molecule has 1 aromatic rings. The van der Waals surface area contributed by atoms with Crippen molar-refractivity contribution >= 4 is 21.9 Å². The minimum atomic E-state index is -10.4. The van der Waals surface area contributed by atoms with Crippen molar-refractivity contribution in [3.05, 3.63) is 30.1 Å². The molecule has 0 aliphatic heterocycles. The first-order valence-corrected chi connectivity index (χ1v) is 8.56. The number of hydrogen-bond acceptors (Lipinski definition) is 0. The maximum absolute atomic E-state index is 12.1. The van der Waals surface area contributed by atoms with Crippen molar-refractivity contribution in [2.75, 3.05) is 0 Å². The van der Waals surface area contributed by atoms with Crippen LogP contribution >= 0.6 is 0 Å². The van der Waals surface area contributed by atoms with E-state index >= 15 is 0 Å². The summed E-state index contributed by atoms with van der Waals surface area (Å²) in [4.78, 5) is 0. The molecule has 0 bridgehead atoms. The Balaban J connectivity index is 3.34. The zero-order chi connectivity index (χ0) is 10.4. The molecule has 76 valence electrons. The van der Waals surface area contributed by atoms with Crippen molar-refractivity contribution in [1.29, 1.82) is 0 Å². The van der Waals surface area contributed by atoms with Crippen LogP contribution in [-0.2, 0) is 0 Å². The molecule has 0 unspecified atom stereocenters. The minimum absolute atomic E-state index is 0.0563. The van der Waals surface area contributed by atoms with E-state index in [4.69, 9.17) is 0 Å². The van der Waals surface area contributed by atoms with Crippen molar-refractivity contribution in [2.45, 2.75) is 0 Å². The van der Waals surface area contributed by atoms with E-state index in [1.165, 1.54) is 0 Å². The zero-order valence-corrected chi connectivity index (χ0v) is 8.32. The van der Waals surface area contributed by atoms with Crippen molar-refractivity contribution in [3.8, 4) is 0 Å². The second-order valence-electron chi connectivity index (χ2n) is 2.42. The summed E-state index contributed by atoms with van der Waals surface area (Å²) in [6.07, 6.45) is 0. The number of hydrogen-bond donors (Lipinski definition) is 0. The van der Waals surface area contributed by atoms with Gasteiger partial charge in [-0.1, -0.05) is 0 Å². The number of halogens is 6. The molecule has 0 spiro atoms. The van der Waals surface area contributed by atoms with Gasteiger partial charge in [0, 0.05) is 0 Å². The van der Waals surface area contributed by atoms with Crippen LogP contribution in [0.4, 0.5) is 18.9 Å². The standard InChI is InChI=1S/C6H4F6Te/c7-5-1-3-6(4-2-5)13(8,9,10,11)12/h1-4H. The van der Waals surface area contributed by atoms with Gasteiger partial charge in [0.25, 0.3) is 0 Å². The molecule has 0 aliphatic rings. The third-order valence-corrected chi connectivity index (χ3v) is 4.58. The van der Waals surface area contributed by atoms with Crippen molar-refractivity contribution < 1.29 is 18.9 Å². The predicted molar refractivity (Wildman–Crippen MR) is 37.3 cm³/mol. The molecule has 0 saturated carbocycles. The van der Waals surface area contributed by atoms with Gasteiger partial charge in [-0.15, -0.1) is 0 Å². The van der Waals surface area contributed by atoms with E-state index in [2.05, 4.69) is 0 Å². The SMILES string of the molecule is Fc1ccc([Te](F)(F)(F)(F)F)cc1. The fourth-order valence-corrected chi connectivity index (χ4v) is 2.55. The first-order chi connectivity index (χ1) is 5.49. The summed E-state index contributed by atoms with van der Waals surface area (Å²) in [6.45, 7) is 0. The van der Waals surface area contributed by atoms with Crippen LogP contribution in [0.25, 0.3) is 0 Å². The Bertz CT molecular complexity index is 321. The molecule has 0 aromatic heterocycles. The molecular formula is C6H4F6Te. The van der Waals surface area contributed by atoms with Gasteiger partial charge in [-0.05, 0) is 0 Å². The van der Waals surface area contributed by atoms with Gasteiger partial charge in [-0.25, -0.2) is 0 Å². The zero-order valence-electron chi connectivity index (χ0n) is 5.99. The van der Waals surface area contributed by atoms with Gasteiger partial charge in [0.05, 0.1) is 0 Å². The summed E-state index contributed by atoms with van der Waals surface area (Å²) in [7, 11) is 0. The first-order valence-electron chi connectivity index (χ1n) is 2.99. The van der Waals surface area contributed by atoms with Crippen molar-refractivity contribution in [2.24, 2.45) is 0 Å². The third-order valence-electron chi connectivity index (χ3n) is 1.26. The molecule has 0 fully saturated rings. The van der Waals surface area contributed by atoms with Crippen LogP contribution in [0.2, 0.25) is 0 Å². The van der Waals surface area contributed by atoms with Crippen LogP contribution in [-0.4, -0.2) is 18.3 Å². The molecule has 0 nitrogen and oxygen atoms in total. The molecule has 0 amide bonds. The Kier molecular flexibility index (Phi) is 1.76. The van der Waals surface area contributed by atoms with E-state index in [-0.39, 0.29) is 12.1 Å². The molecule has 0 radical (unpaired) electrons. The molecule has 1 aromatic carbocycles. The second kappa shape index (κ2) is 2.15.